The van der Waals surface area contributed by atoms with E-state index >= 15 is 0 Å². The van der Waals surface area contributed by atoms with Gasteiger partial charge in [0.25, 0.3) is 11.8 Å². The number of benzene rings is 1. The van der Waals surface area contributed by atoms with Gasteiger partial charge >= 0.3 is 0 Å². The summed E-state index contributed by atoms with van der Waals surface area (Å²) in [4.78, 5) is 26.2. The summed E-state index contributed by atoms with van der Waals surface area (Å²) in [6, 6.07) is 6.76. The molecule has 1 heterocycles. The van der Waals surface area contributed by atoms with Crippen LogP contribution >= 0.6 is 0 Å². The molecule has 1 aliphatic heterocycles. The molecule has 0 saturated carbocycles. The number of carbonyl (C=O) groups excluding carboxylic acids is 2. The van der Waals surface area contributed by atoms with Crippen molar-refractivity contribution in [3.8, 4) is 0 Å². The Bertz CT molecular complexity index is 553. The zero-order valence-corrected chi connectivity index (χ0v) is 14.1. The number of likely N-dealkylation sites (tertiary alicyclic amines) is 1. The Morgan fingerprint density at radius 2 is 1.65 bits per heavy atom. The number of rotatable bonds is 3. The molecule has 0 radical (unpaired) electrons. The van der Waals surface area contributed by atoms with Crippen molar-refractivity contribution in [3.63, 3.8) is 0 Å². The number of piperidine rings is 1. The summed E-state index contributed by atoms with van der Waals surface area (Å²) in [5.41, 5.74) is 1.17. The van der Waals surface area contributed by atoms with Crippen molar-refractivity contribution in [2.75, 3.05) is 19.6 Å². The zero-order chi connectivity index (χ0) is 17.0. The third-order valence-corrected chi connectivity index (χ3v) is 3.93. The van der Waals surface area contributed by atoms with E-state index in [-0.39, 0.29) is 23.3 Å². The average molecular weight is 318 g/mol. The summed E-state index contributed by atoms with van der Waals surface area (Å²) in [6.07, 6.45) is 0.950. The molecule has 0 unspecified atom stereocenters. The second-order valence-electron chi connectivity index (χ2n) is 7.34. The van der Waals surface area contributed by atoms with Crippen LogP contribution in [-0.2, 0) is 0 Å². The highest BCUT2D eigenvalue weighted by Gasteiger charge is 2.22. The van der Waals surface area contributed by atoms with Crippen molar-refractivity contribution < 1.29 is 14.7 Å². The van der Waals surface area contributed by atoms with Gasteiger partial charge < -0.3 is 15.3 Å². The van der Waals surface area contributed by atoms with Gasteiger partial charge in [-0.15, -0.1) is 0 Å². The molecule has 1 aliphatic rings. The average Bonchev–Trinajstić information content (AvgIpc) is 2.52. The Balaban J connectivity index is 1.96. The Morgan fingerprint density at radius 3 is 2.17 bits per heavy atom. The molecule has 1 fully saturated rings. The summed E-state index contributed by atoms with van der Waals surface area (Å²) in [5, 5.41) is 12.4. The van der Waals surface area contributed by atoms with E-state index in [9.17, 15) is 14.7 Å². The second kappa shape index (κ2) is 7.13. The first-order valence-electron chi connectivity index (χ1n) is 8.12. The highest BCUT2D eigenvalue weighted by Crippen LogP contribution is 2.15. The number of carbonyl (C=O) groups is 2. The number of nitrogens with one attached hydrogen (secondary N) is 1. The number of aliphatic hydroxyl groups excluding tert-OH is 1. The monoisotopic (exact) mass is 318 g/mol. The second-order valence-corrected chi connectivity index (χ2v) is 7.34. The van der Waals surface area contributed by atoms with Crippen LogP contribution in [0.4, 0.5) is 0 Å². The molecular weight excluding hydrogens is 292 g/mol. The van der Waals surface area contributed by atoms with Gasteiger partial charge in [0, 0.05) is 30.8 Å². The largest absolute Gasteiger partial charge is 0.393 e. The van der Waals surface area contributed by atoms with Crippen LogP contribution < -0.4 is 5.32 Å². The summed E-state index contributed by atoms with van der Waals surface area (Å²) in [6.45, 7) is 7.93. The Hall–Kier alpha value is -1.88. The molecule has 5 nitrogen and oxygen atoms in total. The molecule has 23 heavy (non-hydrogen) atoms. The van der Waals surface area contributed by atoms with E-state index in [1.165, 1.54) is 0 Å². The minimum absolute atomic E-state index is 0.0321. The Kier molecular flexibility index (Phi) is 5.42. The van der Waals surface area contributed by atoms with Crippen LogP contribution in [0.3, 0.4) is 0 Å². The van der Waals surface area contributed by atoms with Crippen molar-refractivity contribution in [3.05, 3.63) is 35.4 Å². The Labute approximate surface area is 137 Å². The quantitative estimate of drug-likeness (QED) is 0.896. The molecule has 1 aromatic carbocycles. The van der Waals surface area contributed by atoms with E-state index in [1.54, 1.807) is 29.2 Å². The predicted molar refractivity (Wildman–Crippen MR) is 89.4 cm³/mol. The Morgan fingerprint density at radius 1 is 1.13 bits per heavy atom. The minimum atomic E-state index is -0.298. The first-order chi connectivity index (χ1) is 10.8. The fourth-order valence-electron chi connectivity index (χ4n) is 2.46. The first-order valence-corrected chi connectivity index (χ1v) is 8.12. The summed E-state index contributed by atoms with van der Waals surface area (Å²) < 4.78 is 0. The summed E-state index contributed by atoms with van der Waals surface area (Å²) >= 11 is 0. The normalized spacial score (nSPS) is 16.3. The molecule has 2 rings (SSSR count). The molecule has 0 bridgehead atoms. The maximum Gasteiger partial charge on any atom is 0.253 e. The van der Waals surface area contributed by atoms with Gasteiger partial charge in [0.2, 0.25) is 0 Å². The molecule has 0 spiro atoms. The van der Waals surface area contributed by atoms with Crippen LogP contribution in [0.1, 0.15) is 54.3 Å². The molecule has 126 valence electrons. The van der Waals surface area contributed by atoms with Crippen molar-refractivity contribution >= 4 is 11.8 Å². The maximum absolute atomic E-state index is 12.4. The van der Waals surface area contributed by atoms with Crippen molar-refractivity contribution in [1.82, 2.24) is 10.2 Å². The summed E-state index contributed by atoms with van der Waals surface area (Å²) in [7, 11) is 0. The lowest BCUT2D eigenvalue weighted by Crippen LogP contribution is -2.40. The molecule has 1 aromatic rings. The van der Waals surface area contributed by atoms with Gasteiger partial charge in [-0.3, -0.25) is 9.59 Å². The van der Waals surface area contributed by atoms with Crippen LogP contribution in [0, 0.1) is 5.41 Å². The fraction of sp³-hybridized carbons (Fsp3) is 0.556. The van der Waals surface area contributed by atoms with Crippen molar-refractivity contribution in [2.45, 2.75) is 39.7 Å². The van der Waals surface area contributed by atoms with E-state index in [4.69, 9.17) is 0 Å². The van der Waals surface area contributed by atoms with Crippen LogP contribution in [0.2, 0.25) is 0 Å². The van der Waals surface area contributed by atoms with E-state index < -0.39 is 0 Å². The van der Waals surface area contributed by atoms with E-state index in [1.807, 2.05) is 0 Å². The van der Waals surface area contributed by atoms with Crippen LogP contribution in [0.5, 0.6) is 0 Å². The topological polar surface area (TPSA) is 69.6 Å². The number of aliphatic hydroxyl groups is 1. The number of amides is 2. The lowest BCUT2D eigenvalue weighted by Gasteiger charge is -2.29. The smallest absolute Gasteiger partial charge is 0.253 e. The standard InChI is InChI=1S/C18H26N2O3/c1-18(2,3)12-19-16(22)13-4-6-14(7-5-13)17(23)20-10-8-15(21)9-11-20/h4-7,15,21H,8-12H2,1-3H3,(H,19,22). The van der Waals surface area contributed by atoms with Crippen molar-refractivity contribution in [2.24, 2.45) is 5.41 Å². The molecule has 5 heteroatoms. The SMILES string of the molecule is CC(C)(C)CNC(=O)c1ccc(C(=O)N2CCC(O)CC2)cc1. The van der Waals surface area contributed by atoms with Gasteiger partial charge in [-0.05, 0) is 42.5 Å². The lowest BCUT2D eigenvalue weighted by molar-refractivity contribution is 0.0546. The highest BCUT2D eigenvalue weighted by atomic mass is 16.3. The molecule has 1 saturated heterocycles. The molecule has 2 N–H and O–H groups in total. The number of hydrogen-bond donors (Lipinski definition) is 2. The number of hydrogen-bond acceptors (Lipinski definition) is 3. The van der Waals surface area contributed by atoms with Gasteiger partial charge in [0.1, 0.15) is 0 Å². The summed E-state index contributed by atoms with van der Waals surface area (Å²) in [5.74, 6) is -0.168. The molecular formula is C18H26N2O3. The molecule has 0 atom stereocenters. The van der Waals surface area contributed by atoms with Gasteiger partial charge in [-0.2, -0.15) is 0 Å². The zero-order valence-electron chi connectivity index (χ0n) is 14.1. The van der Waals surface area contributed by atoms with E-state index in [0.717, 1.165) is 0 Å². The van der Waals surface area contributed by atoms with E-state index in [2.05, 4.69) is 26.1 Å². The third-order valence-electron chi connectivity index (χ3n) is 3.93. The molecule has 2 amide bonds. The highest BCUT2D eigenvalue weighted by molar-refractivity contribution is 5.97. The first kappa shape index (κ1) is 17.5. The van der Waals surface area contributed by atoms with Gasteiger partial charge in [0.15, 0.2) is 0 Å². The molecule has 0 aromatic heterocycles. The predicted octanol–water partition coefficient (Wildman–Crippen LogP) is 2.06. The van der Waals surface area contributed by atoms with Crippen LogP contribution in [0.25, 0.3) is 0 Å². The van der Waals surface area contributed by atoms with Crippen LogP contribution in [-0.4, -0.2) is 47.6 Å². The van der Waals surface area contributed by atoms with Gasteiger partial charge in [-0.1, -0.05) is 20.8 Å². The molecule has 0 aliphatic carbocycles. The van der Waals surface area contributed by atoms with Gasteiger partial charge in [0.05, 0.1) is 6.10 Å². The van der Waals surface area contributed by atoms with E-state index in [0.29, 0.717) is 43.6 Å². The number of nitrogens with zero attached hydrogens (tertiary/aromatic N) is 1. The van der Waals surface area contributed by atoms with Crippen molar-refractivity contribution in [1.29, 1.82) is 0 Å². The third kappa shape index (κ3) is 5.06. The van der Waals surface area contributed by atoms with Gasteiger partial charge in [-0.25, -0.2) is 0 Å². The fourth-order valence-corrected chi connectivity index (χ4v) is 2.46. The minimum Gasteiger partial charge on any atom is -0.393 e. The maximum atomic E-state index is 12.4. The van der Waals surface area contributed by atoms with Crippen LogP contribution in [0.15, 0.2) is 24.3 Å². The lowest BCUT2D eigenvalue weighted by atomic mass is 9.97.